The van der Waals surface area contributed by atoms with Crippen LogP contribution in [0, 0.1) is 17.2 Å². The van der Waals surface area contributed by atoms with Gasteiger partial charge in [-0.25, -0.2) is 0 Å². The number of amides is 1. The molecular weight excluding hydrogens is 264 g/mol. The van der Waals surface area contributed by atoms with Crippen LogP contribution in [-0.4, -0.2) is 43.0 Å². The lowest BCUT2D eigenvalue weighted by atomic mass is 9.94. The molecule has 0 bridgehead atoms. The Bertz CT molecular complexity index is 552. The second kappa shape index (κ2) is 6.25. The standard InChI is InChI=1S/C16H20N4O/c17-8-12-3-1-5-14(7-12)19-16(21)11-20-9-13-4-2-6-18-15(13)10-20/h1,3,5,7,13,15,18H,2,4,6,9-11H2,(H,19,21). The first-order valence-electron chi connectivity index (χ1n) is 7.50. The average Bonchev–Trinajstić information content (AvgIpc) is 2.89. The number of hydrogen-bond acceptors (Lipinski definition) is 4. The van der Waals surface area contributed by atoms with Gasteiger partial charge < -0.3 is 10.6 Å². The van der Waals surface area contributed by atoms with Crippen LogP contribution in [0.1, 0.15) is 18.4 Å². The minimum absolute atomic E-state index is 0.0104. The zero-order chi connectivity index (χ0) is 14.7. The lowest BCUT2D eigenvalue weighted by Crippen LogP contribution is -2.41. The van der Waals surface area contributed by atoms with Crippen molar-refractivity contribution in [1.29, 1.82) is 5.26 Å². The van der Waals surface area contributed by atoms with Crippen molar-refractivity contribution in [2.45, 2.75) is 18.9 Å². The molecule has 5 nitrogen and oxygen atoms in total. The lowest BCUT2D eigenvalue weighted by molar-refractivity contribution is -0.117. The van der Waals surface area contributed by atoms with Crippen LogP contribution in [0.3, 0.4) is 0 Å². The smallest absolute Gasteiger partial charge is 0.238 e. The van der Waals surface area contributed by atoms with Gasteiger partial charge in [0, 0.05) is 24.8 Å². The van der Waals surface area contributed by atoms with Crippen molar-refractivity contribution < 1.29 is 4.79 Å². The quantitative estimate of drug-likeness (QED) is 0.874. The first kappa shape index (κ1) is 14.1. The molecule has 2 N–H and O–H groups in total. The normalized spacial score (nSPS) is 25.1. The zero-order valence-electron chi connectivity index (χ0n) is 12.0. The summed E-state index contributed by atoms with van der Waals surface area (Å²) < 4.78 is 0. The van der Waals surface area contributed by atoms with Gasteiger partial charge in [0.15, 0.2) is 0 Å². The Kier molecular flexibility index (Phi) is 4.18. The van der Waals surface area contributed by atoms with E-state index < -0.39 is 0 Å². The van der Waals surface area contributed by atoms with Crippen molar-refractivity contribution in [3.63, 3.8) is 0 Å². The molecule has 2 fully saturated rings. The maximum absolute atomic E-state index is 12.1. The molecule has 1 aromatic rings. The van der Waals surface area contributed by atoms with E-state index in [2.05, 4.69) is 21.6 Å². The molecule has 0 saturated carbocycles. The number of nitriles is 1. The van der Waals surface area contributed by atoms with Crippen LogP contribution in [0.15, 0.2) is 24.3 Å². The second-order valence-corrected chi connectivity index (χ2v) is 5.90. The van der Waals surface area contributed by atoms with Gasteiger partial charge in [0.2, 0.25) is 5.91 Å². The third kappa shape index (κ3) is 3.41. The minimum atomic E-state index is -0.0104. The van der Waals surface area contributed by atoms with Crippen molar-refractivity contribution in [3.05, 3.63) is 29.8 Å². The van der Waals surface area contributed by atoms with Crippen LogP contribution in [0.25, 0.3) is 0 Å². The molecule has 3 rings (SSSR count). The third-order valence-electron chi connectivity index (χ3n) is 4.32. The van der Waals surface area contributed by atoms with Crippen molar-refractivity contribution in [3.8, 4) is 6.07 Å². The Hall–Kier alpha value is -1.90. The fraction of sp³-hybridized carbons (Fsp3) is 0.500. The topological polar surface area (TPSA) is 68.2 Å². The summed E-state index contributed by atoms with van der Waals surface area (Å²) in [6, 6.07) is 9.64. The van der Waals surface area contributed by atoms with Crippen LogP contribution < -0.4 is 10.6 Å². The number of nitrogens with zero attached hydrogens (tertiary/aromatic N) is 2. The van der Waals surface area contributed by atoms with E-state index in [1.54, 1.807) is 18.2 Å². The van der Waals surface area contributed by atoms with Crippen molar-refractivity contribution in [2.75, 3.05) is 31.5 Å². The number of carbonyl (C=O) groups excluding carboxylic acids is 1. The molecule has 21 heavy (non-hydrogen) atoms. The van der Waals surface area contributed by atoms with Gasteiger partial charge in [-0.15, -0.1) is 0 Å². The van der Waals surface area contributed by atoms with Crippen molar-refractivity contribution >= 4 is 11.6 Å². The molecule has 0 radical (unpaired) electrons. The van der Waals surface area contributed by atoms with E-state index in [1.807, 2.05) is 6.07 Å². The van der Waals surface area contributed by atoms with E-state index in [1.165, 1.54) is 12.8 Å². The second-order valence-electron chi connectivity index (χ2n) is 5.90. The molecule has 2 aliphatic rings. The number of nitrogens with one attached hydrogen (secondary N) is 2. The fourth-order valence-electron chi connectivity index (χ4n) is 3.34. The number of piperidine rings is 1. The van der Waals surface area contributed by atoms with Crippen LogP contribution >= 0.6 is 0 Å². The summed E-state index contributed by atoms with van der Waals surface area (Å²) in [6.07, 6.45) is 2.50. The highest BCUT2D eigenvalue weighted by Gasteiger charge is 2.34. The third-order valence-corrected chi connectivity index (χ3v) is 4.32. The zero-order valence-corrected chi connectivity index (χ0v) is 12.0. The highest BCUT2D eigenvalue weighted by atomic mass is 16.2. The summed E-state index contributed by atoms with van der Waals surface area (Å²) in [5.41, 5.74) is 1.25. The maximum atomic E-state index is 12.1. The number of carbonyl (C=O) groups is 1. The van der Waals surface area contributed by atoms with Gasteiger partial charge in [-0.2, -0.15) is 5.26 Å². The number of benzene rings is 1. The summed E-state index contributed by atoms with van der Waals surface area (Å²) in [5.74, 6) is 0.678. The van der Waals surface area contributed by atoms with Gasteiger partial charge in [-0.1, -0.05) is 6.07 Å². The van der Waals surface area contributed by atoms with Crippen LogP contribution in [0.2, 0.25) is 0 Å². The summed E-state index contributed by atoms with van der Waals surface area (Å²) >= 11 is 0. The predicted molar refractivity (Wildman–Crippen MR) is 80.7 cm³/mol. The monoisotopic (exact) mass is 284 g/mol. The Labute approximate surface area is 124 Å². The molecule has 2 atom stereocenters. The van der Waals surface area contributed by atoms with E-state index in [0.717, 1.165) is 19.6 Å². The summed E-state index contributed by atoms with van der Waals surface area (Å²) in [7, 11) is 0. The molecule has 1 amide bonds. The van der Waals surface area contributed by atoms with Crippen LogP contribution in [0.4, 0.5) is 5.69 Å². The molecule has 0 aromatic heterocycles. The van der Waals surface area contributed by atoms with E-state index in [4.69, 9.17) is 5.26 Å². The van der Waals surface area contributed by atoms with Gasteiger partial charge in [-0.3, -0.25) is 9.69 Å². The Morgan fingerprint density at radius 2 is 2.38 bits per heavy atom. The number of hydrogen-bond donors (Lipinski definition) is 2. The molecule has 0 spiro atoms. The number of rotatable bonds is 3. The van der Waals surface area contributed by atoms with Crippen LogP contribution in [0.5, 0.6) is 0 Å². The largest absolute Gasteiger partial charge is 0.325 e. The molecule has 2 aliphatic heterocycles. The van der Waals surface area contributed by atoms with Gasteiger partial charge in [0.05, 0.1) is 18.2 Å². The molecule has 0 aliphatic carbocycles. The maximum Gasteiger partial charge on any atom is 0.238 e. The Morgan fingerprint density at radius 3 is 3.19 bits per heavy atom. The molecule has 1 aromatic carbocycles. The van der Waals surface area contributed by atoms with Gasteiger partial charge in [0.25, 0.3) is 0 Å². The minimum Gasteiger partial charge on any atom is -0.325 e. The van der Waals surface area contributed by atoms with E-state index in [9.17, 15) is 4.79 Å². The number of anilines is 1. The number of fused-ring (bicyclic) bond motifs is 1. The van der Waals surface area contributed by atoms with Gasteiger partial charge >= 0.3 is 0 Å². The molecule has 2 heterocycles. The molecule has 5 heteroatoms. The van der Waals surface area contributed by atoms with E-state index >= 15 is 0 Å². The van der Waals surface area contributed by atoms with Crippen molar-refractivity contribution in [2.24, 2.45) is 5.92 Å². The lowest BCUT2D eigenvalue weighted by Gasteiger charge is -2.24. The first-order chi connectivity index (χ1) is 10.2. The highest BCUT2D eigenvalue weighted by Crippen LogP contribution is 2.24. The molecule has 2 saturated heterocycles. The highest BCUT2D eigenvalue weighted by molar-refractivity contribution is 5.92. The Morgan fingerprint density at radius 1 is 1.48 bits per heavy atom. The fourth-order valence-corrected chi connectivity index (χ4v) is 3.34. The Balaban J connectivity index is 1.53. The summed E-state index contributed by atoms with van der Waals surface area (Å²) in [6.45, 7) is 3.48. The van der Waals surface area contributed by atoms with Crippen LogP contribution in [-0.2, 0) is 4.79 Å². The average molecular weight is 284 g/mol. The number of likely N-dealkylation sites (tertiary alicyclic amines) is 1. The predicted octanol–water partition coefficient (Wildman–Crippen LogP) is 1.18. The molecular formula is C16H20N4O. The van der Waals surface area contributed by atoms with Crippen molar-refractivity contribution in [1.82, 2.24) is 10.2 Å². The summed E-state index contributed by atoms with van der Waals surface area (Å²) in [5, 5.41) is 15.3. The van der Waals surface area contributed by atoms with Gasteiger partial charge in [0.1, 0.15) is 0 Å². The summed E-state index contributed by atoms with van der Waals surface area (Å²) in [4.78, 5) is 14.3. The SMILES string of the molecule is N#Cc1cccc(NC(=O)CN2CC3CCCNC3C2)c1. The van der Waals surface area contributed by atoms with E-state index in [0.29, 0.717) is 29.8 Å². The van der Waals surface area contributed by atoms with E-state index in [-0.39, 0.29) is 5.91 Å². The van der Waals surface area contributed by atoms with Gasteiger partial charge in [-0.05, 0) is 43.5 Å². The first-order valence-corrected chi connectivity index (χ1v) is 7.50. The molecule has 2 unspecified atom stereocenters. The molecule has 110 valence electrons.